The number of halogens is 2. The van der Waals surface area contributed by atoms with E-state index in [2.05, 4.69) is 5.32 Å². The van der Waals surface area contributed by atoms with Crippen LogP contribution in [0.1, 0.15) is 44.0 Å². The fourth-order valence-electron chi connectivity index (χ4n) is 2.54. The van der Waals surface area contributed by atoms with Crippen LogP contribution in [0.25, 0.3) is 0 Å². The van der Waals surface area contributed by atoms with Crippen molar-refractivity contribution in [1.29, 1.82) is 0 Å². The summed E-state index contributed by atoms with van der Waals surface area (Å²) in [7, 11) is 0. The summed E-state index contributed by atoms with van der Waals surface area (Å²) < 4.78 is 26.1. The van der Waals surface area contributed by atoms with E-state index in [1.807, 2.05) is 13.8 Å². The first-order valence-corrected chi connectivity index (χ1v) is 7.76. The normalized spacial score (nSPS) is 20.7. The van der Waals surface area contributed by atoms with Crippen molar-refractivity contribution >= 4 is 17.7 Å². The lowest BCUT2D eigenvalue weighted by Crippen LogP contribution is -2.44. The second-order valence-corrected chi connectivity index (χ2v) is 6.64. The van der Waals surface area contributed by atoms with E-state index in [0.717, 1.165) is 29.5 Å². The van der Waals surface area contributed by atoms with Gasteiger partial charge in [0, 0.05) is 5.56 Å². The minimum Gasteiger partial charge on any atom is -0.323 e. The van der Waals surface area contributed by atoms with Crippen molar-refractivity contribution in [2.24, 2.45) is 5.92 Å². The number of carbonyl (C=O) groups excluding carboxylic acids is 3. The Bertz CT molecular complexity index is 690. The molecule has 1 fully saturated rings. The van der Waals surface area contributed by atoms with Gasteiger partial charge >= 0.3 is 6.03 Å². The first-order valence-electron chi connectivity index (χ1n) is 7.76. The molecule has 0 radical (unpaired) electrons. The maximum absolute atomic E-state index is 13.2. The zero-order chi connectivity index (χ0) is 18.1. The molecule has 0 aliphatic carbocycles. The SMILES string of the molecule is CC(C)CC[C@@]1(C)NC(=O)N(CC(=O)c2ccc(F)c(F)c2)C1=O. The van der Waals surface area contributed by atoms with Gasteiger partial charge in [0.15, 0.2) is 17.4 Å². The lowest BCUT2D eigenvalue weighted by Gasteiger charge is -2.22. The maximum Gasteiger partial charge on any atom is 0.325 e. The van der Waals surface area contributed by atoms with Crippen LogP contribution in [0.5, 0.6) is 0 Å². The van der Waals surface area contributed by atoms with Gasteiger partial charge in [0.25, 0.3) is 5.91 Å². The van der Waals surface area contributed by atoms with Crippen LogP contribution in [0.2, 0.25) is 0 Å². The van der Waals surface area contributed by atoms with E-state index in [1.54, 1.807) is 6.92 Å². The smallest absolute Gasteiger partial charge is 0.323 e. The van der Waals surface area contributed by atoms with Crippen molar-refractivity contribution in [3.8, 4) is 0 Å². The van der Waals surface area contributed by atoms with E-state index in [1.165, 1.54) is 0 Å². The van der Waals surface area contributed by atoms with Crippen LogP contribution in [0.15, 0.2) is 18.2 Å². The second-order valence-electron chi connectivity index (χ2n) is 6.64. The van der Waals surface area contributed by atoms with Gasteiger partial charge in [0.05, 0.1) is 6.54 Å². The molecule has 2 rings (SSSR count). The fourth-order valence-corrected chi connectivity index (χ4v) is 2.54. The Balaban J connectivity index is 2.11. The lowest BCUT2D eigenvalue weighted by atomic mass is 9.92. The van der Waals surface area contributed by atoms with Gasteiger partial charge in [0.2, 0.25) is 0 Å². The van der Waals surface area contributed by atoms with E-state index < -0.39 is 41.4 Å². The van der Waals surface area contributed by atoms with Gasteiger partial charge in [0.1, 0.15) is 5.54 Å². The number of urea groups is 1. The third-order valence-corrected chi connectivity index (χ3v) is 4.11. The van der Waals surface area contributed by atoms with Crippen LogP contribution >= 0.6 is 0 Å². The molecule has 1 aliphatic rings. The molecule has 1 aliphatic heterocycles. The molecule has 24 heavy (non-hydrogen) atoms. The average Bonchev–Trinajstić information content (AvgIpc) is 2.72. The Morgan fingerprint density at radius 3 is 2.50 bits per heavy atom. The monoisotopic (exact) mass is 338 g/mol. The van der Waals surface area contributed by atoms with Crippen LogP contribution in [0.3, 0.4) is 0 Å². The molecular weight excluding hydrogens is 318 g/mol. The Morgan fingerprint density at radius 2 is 1.92 bits per heavy atom. The first-order chi connectivity index (χ1) is 11.1. The maximum atomic E-state index is 13.2. The molecule has 1 aromatic rings. The zero-order valence-electron chi connectivity index (χ0n) is 13.9. The van der Waals surface area contributed by atoms with E-state index in [4.69, 9.17) is 0 Å². The molecule has 0 saturated carbocycles. The number of hydrogen-bond acceptors (Lipinski definition) is 3. The van der Waals surface area contributed by atoms with E-state index in [-0.39, 0.29) is 5.56 Å². The van der Waals surface area contributed by atoms with Gasteiger partial charge in [-0.3, -0.25) is 14.5 Å². The summed E-state index contributed by atoms with van der Waals surface area (Å²) in [5, 5.41) is 2.61. The van der Waals surface area contributed by atoms with Crippen molar-refractivity contribution in [2.45, 2.75) is 39.2 Å². The number of nitrogens with zero attached hydrogens (tertiary/aromatic N) is 1. The van der Waals surface area contributed by atoms with Gasteiger partial charge in [-0.2, -0.15) is 0 Å². The number of benzene rings is 1. The van der Waals surface area contributed by atoms with Crippen molar-refractivity contribution in [1.82, 2.24) is 10.2 Å². The Kier molecular flexibility index (Phi) is 5.01. The van der Waals surface area contributed by atoms with Crippen molar-refractivity contribution < 1.29 is 23.2 Å². The molecular formula is C17H20F2N2O3. The molecule has 0 unspecified atom stereocenters. The zero-order valence-corrected chi connectivity index (χ0v) is 13.9. The lowest BCUT2D eigenvalue weighted by molar-refractivity contribution is -0.130. The van der Waals surface area contributed by atoms with Crippen LogP contribution in [-0.4, -0.2) is 34.7 Å². The minimum absolute atomic E-state index is 0.0923. The number of hydrogen-bond donors (Lipinski definition) is 1. The molecule has 1 N–H and O–H groups in total. The Morgan fingerprint density at radius 1 is 1.25 bits per heavy atom. The van der Waals surface area contributed by atoms with Crippen molar-refractivity contribution in [3.05, 3.63) is 35.4 Å². The predicted molar refractivity (Wildman–Crippen MR) is 83.4 cm³/mol. The number of ketones is 1. The van der Waals surface area contributed by atoms with E-state index >= 15 is 0 Å². The highest BCUT2D eigenvalue weighted by Gasteiger charge is 2.47. The molecule has 130 valence electrons. The topological polar surface area (TPSA) is 66.5 Å². The van der Waals surface area contributed by atoms with Crippen LogP contribution in [0.4, 0.5) is 13.6 Å². The predicted octanol–water partition coefficient (Wildman–Crippen LogP) is 2.89. The van der Waals surface area contributed by atoms with Gasteiger partial charge < -0.3 is 5.32 Å². The molecule has 0 aromatic heterocycles. The molecule has 3 amide bonds. The quantitative estimate of drug-likeness (QED) is 0.641. The molecule has 1 heterocycles. The summed E-state index contributed by atoms with van der Waals surface area (Å²) >= 11 is 0. The van der Waals surface area contributed by atoms with Crippen molar-refractivity contribution in [3.63, 3.8) is 0 Å². The summed E-state index contributed by atoms with van der Waals surface area (Å²) in [6.07, 6.45) is 1.21. The minimum atomic E-state index is -1.15. The molecule has 5 nitrogen and oxygen atoms in total. The Labute approximate surface area is 139 Å². The van der Waals surface area contributed by atoms with Gasteiger partial charge in [-0.05, 0) is 43.9 Å². The van der Waals surface area contributed by atoms with Crippen LogP contribution in [0, 0.1) is 17.6 Å². The summed E-state index contributed by atoms with van der Waals surface area (Å²) in [5.41, 5.74) is -1.14. The highest BCUT2D eigenvalue weighted by atomic mass is 19.2. The number of Topliss-reactive ketones (excluding diaryl/α,β-unsaturated/α-hetero) is 1. The van der Waals surface area contributed by atoms with E-state index in [9.17, 15) is 23.2 Å². The molecule has 0 bridgehead atoms. The standard InChI is InChI=1S/C17H20F2N2O3/c1-10(2)6-7-17(3)15(23)21(16(24)20-17)9-14(22)11-4-5-12(18)13(19)8-11/h4-5,8,10H,6-7,9H2,1-3H3,(H,20,24)/t17-/m1/s1. The third kappa shape index (κ3) is 3.60. The van der Waals surface area contributed by atoms with Gasteiger partial charge in [-0.1, -0.05) is 13.8 Å². The fraction of sp³-hybridized carbons (Fsp3) is 0.471. The number of rotatable bonds is 6. The molecule has 1 aromatic carbocycles. The Hall–Kier alpha value is -2.31. The van der Waals surface area contributed by atoms with Crippen LogP contribution in [-0.2, 0) is 4.79 Å². The van der Waals surface area contributed by atoms with E-state index in [0.29, 0.717) is 12.3 Å². The average molecular weight is 338 g/mol. The van der Waals surface area contributed by atoms with Crippen molar-refractivity contribution in [2.75, 3.05) is 6.54 Å². The number of imide groups is 1. The molecule has 1 atom stereocenters. The number of amides is 3. The summed E-state index contributed by atoms with van der Waals surface area (Å²) in [4.78, 5) is 37.5. The molecule has 7 heteroatoms. The molecule has 0 spiro atoms. The summed E-state index contributed by atoms with van der Waals surface area (Å²) in [6, 6.07) is 2.06. The first kappa shape index (κ1) is 18.0. The highest BCUT2D eigenvalue weighted by Crippen LogP contribution is 2.25. The highest BCUT2D eigenvalue weighted by molar-refractivity contribution is 6.10. The van der Waals surface area contributed by atoms with Crippen LogP contribution < -0.4 is 5.32 Å². The van der Waals surface area contributed by atoms with Gasteiger partial charge in [-0.25, -0.2) is 13.6 Å². The third-order valence-electron chi connectivity index (χ3n) is 4.11. The summed E-state index contributed by atoms with van der Waals surface area (Å²) in [6.45, 7) is 5.13. The largest absolute Gasteiger partial charge is 0.325 e. The second kappa shape index (κ2) is 6.67. The molecule has 1 saturated heterocycles. The number of nitrogens with one attached hydrogen (secondary N) is 1. The van der Waals surface area contributed by atoms with Gasteiger partial charge in [-0.15, -0.1) is 0 Å². The summed E-state index contributed by atoms with van der Waals surface area (Å²) in [5.74, 6) is -2.97. The number of carbonyl (C=O) groups is 3.